The fourth-order valence-corrected chi connectivity index (χ4v) is 5.72. The number of hydrogen-bond donors (Lipinski definition) is 2. The van der Waals surface area contributed by atoms with Gasteiger partial charge in [0.1, 0.15) is 12.4 Å². The lowest BCUT2D eigenvalue weighted by Gasteiger charge is -2.38. The van der Waals surface area contributed by atoms with Crippen molar-refractivity contribution in [1.29, 1.82) is 0 Å². The van der Waals surface area contributed by atoms with Crippen LogP contribution in [0, 0.1) is 6.92 Å². The van der Waals surface area contributed by atoms with Crippen molar-refractivity contribution in [1.82, 2.24) is 25.4 Å². The summed E-state index contributed by atoms with van der Waals surface area (Å²) in [5, 5.41) is 15.8. The molecular formula is C19H32N6OS. The molecule has 27 heavy (non-hydrogen) atoms. The number of aromatic nitrogens is 3. The Kier molecular flexibility index (Phi) is 5.92. The quantitative estimate of drug-likeness (QED) is 0.604. The minimum absolute atomic E-state index is 0.0831. The molecule has 150 valence electrons. The summed E-state index contributed by atoms with van der Waals surface area (Å²) in [4.78, 5) is 4.87. The Bertz CT molecular complexity index is 663. The summed E-state index contributed by atoms with van der Waals surface area (Å²) in [5.74, 6) is 5.10. The van der Waals surface area contributed by atoms with Crippen molar-refractivity contribution in [2.24, 2.45) is 12.0 Å². The van der Waals surface area contributed by atoms with Crippen molar-refractivity contribution in [2.75, 3.05) is 18.1 Å². The number of guanidine groups is 1. The molecule has 3 heterocycles. The first-order valence-electron chi connectivity index (χ1n) is 10.3. The molecule has 2 saturated heterocycles. The van der Waals surface area contributed by atoms with E-state index in [4.69, 9.17) is 9.73 Å². The zero-order valence-electron chi connectivity index (χ0n) is 16.5. The minimum atomic E-state index is 0.0831. The number of nitrogens with zero attached hydrogens (tertiary/aromatic N) is 4. The molecule has 7 nitrogen and oxygen atoms in total. The third-order valence-corrected chi connectivity index (χ3v) is 7.38. The highest BCUT2D eigenvalue weighted by Gasteiger charge is 2.40. The van der Waals surface area contributed by atoms with Crippen LogP contribution in [0.1, 0.15) is 56.6 Å². The molecule has 1 spiro atoms. The van der Waals surface area contributed by atoms with Gasteiger partial charge < -0.3 is 19.9 Å². The highest BCUT2D eigenvalue weighted by molar-refractivity contribution is 7.99. The van der Waals surface area contributed by atoms with Gasteiger partial charge in [-0.25, -0.2) is 4.99 Å². The van der Waals surface area contributed by atoms with Crippen LogP contribution in [0.15, 0.2) is 4.99 Å². The largest absolute Gasteiger partial charge is 0.374 e. The molecule has 2 atom stereocenters. The Balaban J connectivity index is 1.43. The van der Waals surface area contributed by atoms with Gasteiger partial charge in [-0.15, -0.1) is 10.2 Å². The SMILES string of the molecule is Cc1nnc(CN=C(NC2CCCC2)NC2CCOC3(CCSC3)C2)n1C. The number of nitrogens with one attached hydrogen (secondary N) is 2. The van der Waals surface area contributed by atoms with E-state index in [9.17, 15) is 0 Å². The maximum atomic E-state index is 6.18. The summed E-state index contributed by atoms with van der Waals surface area (Å²) < 4.78 is 8.19. The third-order valence-electron chi connectivity index (χ3n) is 6.16. The van der Waals surface area contributed by atoms with E-state index < -0.39 is 0 Å². The number of hydrogen-bond acceptors (Lipinski definition) is 5. The Morgan fingerprint density at radius 3 is 2.78 bits per heavy atom. The molecule has 0 aromatic carbocycles. The first-order valence-corrected chi connectivity index (χ1v) is 11.4. The molecule has 0 radical (unpaired) electrons. The first kappa shape index (κ1) is 19.1. The second kappa shape index (κ2) is 8.39. The third kappa shape index (κ3) is 4.59. The lowest BCUT2D eigenvalue weighted by atomic mass is 9.90. The van der Waals surface area contributed by atoms with E-state index in [1.807, 2.05) is 30.3 Å². The van der Waals surface area contributed by atoms with Crippen LogP contribution in [0.3, 0.4) is 0 Å². The maximum Gasteiger partial charge on any atom is 0.192 e. The van der Waals surface area contributed by atoms with Gasteiger partial charge in [-0.2, -0.15) is 11.8 Å². The number of ether oxygens (including phenoxy) is 1. The Hall–Kier alpha value is -1.28. The highest BCUT2D eigenvalue weighted by Crippen LogP contribution is 2.38. The van der Waals surface area contributed by atoms with Gasteiger partial charge in [0.05, 0.1) is 5.60 Å². The molecule has 2 aliphatic heterocycles. The van der Waals surface area contributed by atoms with Gasteiger partial charge in [-0.05, 0) is 44.8 Å². The second-order valence-corrected chi connectivity index (χ2v) is 9.29. The molecule has 3 fully saturated rings. The normalized spacial score (nSPS) is 29.6. The average Bonchev–Trinajstić information content (AvgIpc) is 3.39. The van der Waals surface area contributed by atoms with Gasteiger partial charge in [0.25, 0.3) is 0 Å². The van der Waals surface area contributed by atoms with Crippen molar-refractivity contribution >= 4 is 17.7 Å². The fraction of sp³-hybridized carbons (Fsp3) is 0.842. The van der Waals surface area contributed by atoms with Gasteiger partial charge in [0, 0.05) is 31.5 Å². The van der Waals surface area contributed by atoms with E-state index >= 15 is 0 Å². The van der Waals surface area contributed by atoms with Crippen LogP contribution in [-0.4, -0.2) is 56.5 Å². The molecular weight excluding hydrogens is 360 g/mol. The summed E-state index contributed by atoms with van der Waals surface area (Å²) in [6.07, 6.45) is 8.39. The van der Waals surface area contributed by atoms with Crippen LogP contribution in [0.25, 0.3) is 0 Å². The average molecular weight is 393 g/mol. The van der Waals surface area contributed by atoms with Crippen LogP contribution >= 0.6 is 11.8 Å². The van der Waals surface area contributed by atoms with Crippen molar-refractivity contribution in [3.05, 3.63) is 11.6 Å². The van der Waals surface area contributed by atoms with Gasteiger partial charge >= 0.3 is 0 Å². The Labute approximate surface area is 166 Å². The molecule has 0 bridgehead atoms. The van der Waals surface area contributed by atoms with Crippen LogP contribution in [0.4, 0.5) is 0 Å². The van der Waals surface area contributed by atoms with E-state index in [1.165, 1.54) is 37.9 Å². The lowest BCUT2D eigenvalue weighted by molar-refractivity contribution is -0.0679. The summed E-state index contributed by atoms with van der Waals surface area (Å²) >= 11 is 2.02. The lowest BCUT2D eigenvalue weighted by Crippen LogP contribution is -2.52. The van der Waals surface area contributed by atoms with Gasteiger partial charge in [0.2, 0.25) is 0 Å². The zero-order chi connectivity index (χ0) is 18.7. The van der Waals surface area contributed by atoms with Gasteiger partial charge in [-0.1, -0.05) is 12.8 Å². The topological polar surface area (TPSA) is 76.4 Å². The van der Waals surface area contributed by atoms with Crippen molar-refractivity contribution in [3.8, 4) is 0 Å². The minimum Gasteiger partial charge on any atom is -0.374 e. The first-order chi connectivity index (χ1) is 13.1. The molecule has 1 aromatic rings. The molecule has 2 unspecified atom stereocenters. The van der Waals surface area contributed by atoms with E-state index in [0.717, 1.165) is 42.8 Å². The maximum absolute atomic E-state index is 6.18. The fourth-order valence-electron chi connectivity index (χ4n) is 4.34. The van der Waals surface area contributed by atoms with E-state index in [-0.39, 0.29) is 5.60 Å². The molecule has 1 aliphatic carbocycles. The predicted octanol–water partition coefficient (Wildman–Crippen LogP) is 2.16. The van der Waals surface area contributed by atoms with E-state index in [1.54, 1.807) is 0 Å². The molecule has 4 rings (SSSR count). The summed E-state index contributed by atoms with van der Waals surface area (Å²) in [6, 6.07) is 0.958. The van der Waals surface area contributed by atoms with E-state index in [0.29, 0.717) is 18.6 Å². The number of rotatable bonds is 4. The number of thioether (sulfide) groups is 1. The van der Waals surface area contributed by atoms with Crippen LogP contribution in [-0.2, 0) is 18.3 Å². The molecule has 3 aliphatic rings. The van der Waals surface area contributed by atoms with Crippen LogP contribution in [0.5, 0.6) is 0 Å². The van der Waals surface area contributed by atoms with Crippen LogP contribution in [0.2, 0.25) is 0 Å². The summed E-state index contributed by atoms with van der Waals surface area (Å²) in [6.45, 7) is 3.36. The smallest absolute Gasteiger partial charge is 0.192 e. The monoisotopic (exact) mass is 392 g/mol. The second-order valence-electron chi connectivity index (χ2n) is 8.18. The van der Waals surface area contributed by atoms with Crippen molar-refractivity contribution in [2.45, 2.75) is 76.1 Å². The molecule has 8 heteroatoms. The van der Waals surface area contributed by atoms with Crippen molar-refractivity contribution in [3.63, 3.8) is 0 Å². The van der Waals surface area contributed by atoms with E-state index in [2.05, 4.69) is 20.8 Å². The predicted molar refractivity (Wildman–Crippen MR) is 109 cm³/mol. The van der Waals surface area contributed by atoms with Gasteiger partial charge in [0.15, 0.2) is 11.8 Å². The zero-order valence-corrected chi connectivity index (χ0v) is 17.4. The number of aryl methyl sites for hydroxylation is 1. The molecule has 1 aromatic heterocycles. The standard InChI is InChI=1S/C19H32N6OS/c1-14-23-24-17(25(14)2)12-20-18(21-15-5-3-4-6-15)22-16-7-9-26-19(11-16)8-10-27-13-19/h15-16H,3-13H2,1-2H3,(H2,20,21,22). The summed E-state index contributed by atoms with van der Waals surface area (Å²) in [7, 11) is 2.00. The summed E-state index contributed by atoms with van der Waals surface area (Å²) in [5.41, 5.74) is 0.0831. The van der Waals surface area contributed by atoms with Crippen molar-refractivity contribution < 1.29 is 4.74 Å². The molecule has 1 saturated carbocycles. The number of aliphatic imine (C=N–C) groups is 1. The molecule has 2 N–H and O–H groups in total. The highest BCUT2D eigenvalue weighted by atomic mass is 32.2. The Morgan fingerprint density at radius 2 is 2.07 bits per heavy atom. The van der Waals surface area contributed by atoms with Crippen LogP contribution < -0.4 is 10.6 Å². The molecule has 0 amide bonds. The van der Waals surface area contributed by atoms with Gasteiger partial charge in [-0.3, -0.25) is 0 Å². The Morgan fingerprint density at radius 1 is 1.26 bits per heavy atom.